The standard InChI is InChI=1S/C14H26N2O2/c1-2-12-4-3-5-13(12)15-7-6-14(17)16-8-10-18-11-9-16/h12-13,15H,2-11H2,1H3. The normalized spacial score (nSPS) is 28.6. The summed E-state index contributed by atoms with van der Waals surface area (Å²) in [7, 11) is 0. The highest BCUT2D eigenvalue weighted by atomic mass is 16.5. The van der Waals surface area contributed by atoms with Crippen LogP contribution in [0.3, 0.4) is 0 Å². The molecule has 2 fully saturated rings. The summed E-state index contributed by atoms with van der Waals surface area (Å²) in [5, 5.41) is 3.57. The number of amides is 1. The fourth-order valence-electron chi connectivity index (χ4n) is 3.13. The predicted molar refractivity (Wildman–Crippen MR) is 71.4 cm³/mol. The lowest BCUT2D eigenvalue weighted by atomic mass is 10.0. The lowest BCUT2D eigenvalue weighted by Gasteiger charge is -2.27. The van der Waals surface area contributed by atoms with E-state index in [-0.39, 0.29) is 5.91 Å². The molecule has 1 amide bonds. The Morgan fingerprint density at radius 3 is 2.83 bits per heavy atom. The Morgan fingerprint density at radius 1 is 1.33 bits per heavy atom. The first kappa shape index (κ1) is 13.8. The number of ether oxygens (including phenoxy) is 1. The van der Waals surface area contributed by atoms with E-state index in [0.717, 1.165) is 25.6 Å². The molecule has 2 unspecified atom stereocenters. The van der Waals surface area contributed by atoms with Gasteiger partial charge in [-0.2, -0.15) is 0 Å². The average Bonchev–Trinajstić information content (AvgIpc) is 2.87. The number of carbonyl (C=O) groups is 1. The molecule has 1 saturated heterocycles. The molecule has 0 aromatic heterocycles. The molecule has 2 rings (SSSR count). The maximum absolute atomic E-state index is 12.0. The predicted octanol–water partition coefficient (Wildman–Crippen LogP) is 1.40. The molecule has 1 aliphatic heterocycles. The van der Waals surface area contributed by atoms with Crippen molar-refractivity contribution >= 4 is 5.91 Å². The second-order valence-electron chi connectivity index (χ2n) is 5.40. The van der Waals surface area contributed by atoms with Gasteiger partial charge in [0.2, 0.25) is 5.91 Å². The second-order valence-corrected chi connectivity index (χ2v) is 5.40. The fraction of sp³-hybridized carbons (Fsp3) is 0.929. The highest BCUT2D eigenvalue weighted by Crippen LogP contribution is 2.27. The van der Waals surface area contributed by atoms with Crippen LogP contribution in [0.1, 0.15) is 39.0 Å². The highest BCUT2D eigenvalue weighted by Gasteiger charge is 2.25. The SMILES string of the molecule is CCC1CCCC1NCCC(=O)N1CCOCC1. The van der Waals surface area contributed by atoms with Gasteiger partial charge in [-0.25, -0.2) is 0 Å². The van der Waals surface area contributed by atoms with Crippen LogP contribution < -0.4 is 5.32 Å². The van der Waals surface area contributed by atoms with E-state index in [4.69, 9.17) is 4.74 Å². The monoisotopic (exact) mass is 254 g/mol. The Hall–Kier alpha value is -0.610. The molecule has 4 heteroatoms. The van der Waals surface area contributed by atoms with E-state index in [1.807, 2.05) is 4.90 Å². The van der Waals surface area contributed by atoms with E-state index in [1.165, 1.54) is 25.7 Å². The summed E-state index contributed by atoms with van der Waals surface area (Å²) >= 11 is 0. The Kier molecular flexibility index (Phi) is 5.45. The Morgan fingerprint density at radius 2 is 2.11 bits per heavy atom. The van der Waals surface area contributed by atoms with Crippen molar-refractivity contribution in [2.24, 2.45) is 5.92 Å². The molecule has 1 saturated carbocycles. The van der Waals surface area contributed by atoms with Crippen LogP contribution in [0.25, 0.3) is 0 Å². The summed E-state index contributed by atoms with van der Waals surface area (Å²) in [4.78, 5) is 13.9. The van der Waals surface area contributed by atoms with Crippen molar-refractivity contribution in [2.45, 2.75) is 45.1 Å². The van der Waals surface area contributed by atoms with Crippen LogP contribution in [0, 0.1) is 5.92 Å². The van der Waals surface area contributed by atoms with Gasteiger partial charge in [0.15, 0.2) is 0 Å². The molecule has 0 radical (unpaired) electrons. The molecule has 2 atom stereocenters. The van der Waals surface area contributed by atoms with Crippen molar-refractivity contribution in [3.63, 3.8) is 0 Å². The third-order valence-electron chi connectivity index (χ3n) is 4.29. The van der Waals surface area contributed by atoms with Crippen molar-refractivity contribution in [3.8, 4) is 0 Å². The first-order chi connectivity index (χ1) is 8.81. The highest BCUT2D eigenvalue weighted by molar-refractivity contribution is 5.76. The van der Waals surface area contributed by atoms with Gasteiger partial charge >= 0.3 is 0 Å². The number of morpholine rings is 1. The third kappa shape index (κ3) is 3.69. The van der Waals surface area contributed by atoms with Crippen LogP contribution >= 0.6 is 0 Å². The van der Waals surface area contributed by atoms with Crippen LogP contribution in [-0.4, -0.2) is 49.7 Å². The Balaban J connectivity index is 1.63. The summed E-state index contributed by atoms with van der Waals surface area (Å²) in [6.07, 6.45) is 5.87. The minimum Gasteiger partial charge on any atom is -0.378 e. The molecule has 18 heavy (non-hydrogen) atoms. The molecule has 0 aromatic carbocycles. The van der Waals surface area contributed by atoms with Gasteiger partial charge < -0.3 is 15.0 Å². The zero-order valence-corrected chi connectivity index (χ0v) is 11.5. The topological polar surface area (TPSA) is 41.6 Å². The van der Waals surface area contributed by atoms with Crippen LogP contribution in [0.5, 0.6) is 0 Å². The molecule has 0 bridgehead atoms. The van der Waals surface area contributed by atoms with Crippen LogP contribution in [-0.2, 0) is 9.53 Å². The molecule has 2 aliphatic rings. The summed E-state index contributed by atoms with van der Waals surface area (Å²) in [6.45, 7) is 6.01. The third-order valence-corrected chi connectivity index (χ3v) is 4.29. The second kappa shape index (κ2) is 7.10. The molecular formula is C14H26N2O2. The number of hydrogen-bond donors (Lipinski definition) is 1. The van der Waals surface area contributed by atoms with Gasteiger partial charge in [0.1, 0.15) is 0 Å². The van der Waals surface area contributed by atoms with Gasteiger partial charge in [0.25, 0.3) is 0 Å². The van der Waals surface area contributed by atoms with Crippen molar-refractivity contribution in [1.29, 1.82) is 0 Å². The summed E-state index contributed by atoms with van der Waals surface area (Å²) in [6, 6.07) is 0.646. The van der Waals surface area contributed by atoms with Crippen molar-refractivity contribution in [1.82, 2.24) is 10.2 Å². The van der Waals surface area contributed by atoms with Gasteiger partial charge in [0.05, 0.1) is 13.2 Å². The van der Waals surface area contributed by atoms with E-state index in [9.17, 15) is 4.79 Å². The van der Waals surface area contributed by atoms with Crippen molar-refractivity contribution in [3.05, 3.63) is 0 Å². The number of rotatable bonds is 5. The number of hydrogen-bond acceptors (Lipinski definition) is 3. The summed E-state index contributed by atoms with van der Waals surface area (Å²) in [5.74, 6) is 1.10. The molecule has 1 heterocycles. The van der Waals surface area contributed by atoms with E-state index in [1.54, 1.807) is 0 Å². The number of carbonyl (C=O) groups excluding carboxylic acids is 1. The quantitative estimate of drug-likeness (QED) is 0.806. The van der Waals surface area contributed by atoms with Crippen LogP contribution in [0.2, 0.25) is 0 Å². The first-order valence-electron chi connectivity index (χ1n) is 7.40. The van der Waals surface area contributed by atoms with Crippen molar-refractivity contribution < 1.29 is 9.53 Å². The van der Waals surface area contributed by atoms with Crippen LogP contribution in [0.4, 0.5) is 0 Å². The largest absolute Gasteiger partial charge is 0.378 e. The molecule has 1 aliphatic carbocycles. The zero-order chi connectivity index (χ0) is 12.8. The van der Waals surface area contributed by atoms with Gasteiger partial charge in [0, 0.05) is 32.1 Å². The zero-order valence-electron chi connectivity index (χ0n) is 11.5. The molecular weight excluding hydrogens is 228 g/mol. The van der Waals surface area contributed by atoms with Gasteiger partial charge in [-0.3, -0.25) is 4.79 Å². The first-order valence-corrected chi connectivity index (χ1v) is 7.40. The molecule has 4 nitrogen and oxygen atoms in total. The number of nitrogens with one attached hydrogen (secondary N) is 1. The maximum Gasteiger partial charge on any atom is 0.224 e. The Bertz CT molecular complexity index is 265. The minimum absolute atomic E-state index is 0.275. The number of nitrogens with zero attached hydrogens (tertiary/aromatic N) is 1. The minimum atomic E-state index is 0.275. The lowest BCUT2D eigenvalue weighted by Crippen LogP contribution is -2.42. The van der Waals surface area contributed by atoms with Gasteiger partial charge in [-0.1, -0.05) is 19.8 Å². The van der Waals surface area contributed by atoms with E-state index in [0.29, 0.717) is 25.7 Å². The molecule has 0 spiro atoms. The van der Waals surface area contributed by atoms with E-state index in [2.05, 4.69) is 12.2 Å². The molecule has 1 N–H and O–H groups in total. The maximum atomic E-state index is 12.0. The van der Waals surface area contributed by atoms with Crippen LogP contribution in [0.15, 0.2) is 0 Å². The van der Waals surface area contributed by atoms with Crippen molar-refractivity contribution in [2.75, 3.05) is 32.8 Å². The van der Waals surface area contributed by atoms with Gasteiger partial charge in [-0.15, -0.1) is 0 Å². The Labute approximate surface area is 110 Å². The van der Waals surface area contributed by atoms with E-state index >= 15 is 0 Å². The fourth-order valence-corrected chi connectivity index (χ4v) is 3.13. The summed E-state index contributed by atoms with van der Waals surface area (Å²) in [5.41, 5.74) is 0. The average molecular weight is 254 g/mol. The molecule has 104 valence electrons. The lowest BCUT2D eigenvalue weighted by molar-refractivity contribution is -0.135. The van der Waals surface area contributed by atoms with E-state index < -0.39 is 0 Å². The smallest absolute Gasteiger partial charge is 0.224 e. The molecule has 0 aromatic rings. The summed E-state index contributed by atoms with van der Waals surface area (Å²) < 4.78 is 5.25. The van der Waals surface area contributed by atoms with Gasteiger partial charge in [-0.05, 0) is 18.8 Å².